The summed E-state index contributed by atoms with van der Waals surface area (Å²) in [6.45, 7) is 6.97. The first kappa shape index (κ1) is 22.0. The van der Waals surface area contributed by atoms with Crippen LogP contribution in [0, 0.1) is 0 Å². The third kappa shape index (κ3) is 12.0. The number of aromatic nitrogens is 1. The molecule has 0 spiro atoms. The summed E-state index contributed by atoms with van der Waals surface area (Å²) in [4.78, 5) is 0. The highest BCUT2D eigenvalue weighted by molar-refractivity contribution is 4.85. The molecule has 1 aromatic rings. The second-order valence-corrected chi connectivity index (χ2v) is 7.45. The second-order valence-electron chi connectivity index (χ2n) is 7.45. The van der Waals surface area contributed by atoms with Gasteiger partial charge in [0.2, 0.25) is 0 Å². The molecule has 1 aromatic heterocycles. The largest absolute Gasteiger partial charge is 0.199 e. The fraction of sp³-hybridized carbons (Fsp3) is 0.783. The van der Waals surface area contributed by atoms with Crippen molar-refractivity contribution in [1.82, 2.24) is 0 Å². The molecule has 1 rings (SSSR count). The minimum atomic E-state index is 1.19. The lowest BCUT2D eigenvalue weighted by Gasteiger charge is -2.18. The van der Waals surface area contributed by atoms with Crippen LogP contribution in [-0.2, 0) is 0 Å². The van der Waals surface area contributed by atoms with Gasteiger partial charge in [0.05, 0.1) is 13.1 Å². The third-order valence-corrected chi connectivity index (χ3v) is 5.07. The van der Waals surface area contributed by atoms with Crippen molar-refractivity contribution in [1.29, 1.82) is 0 Å². The minimum absolute atomic E-state index is 1.19. The van der Waals surface area contributed by atoms with Gasteiger partial charge in [-0.15, -0.1) is 0 Å². The lowest BCUT2D eigenvalue weighted by atomic mass is 10.1. The van der Waals surface area contributed by atoms with Crippen LogP contribution in [0.25, 0.3) is 0 Å². The molecule has 0 aliphatic carbocycles. The van der Waals surface area contributed by atoms with Crippen molar-refractivity contribution >= 4 is 0 Å². The van der Waals surface area contributed by atoms with E-state index in [1.54, 1.807) is 0 Å². The average molecular weight is 348 g/mol. The van der Waals surface area contributed by atoms with Crippen LogP contribution in [0.2, 0.25) is 0 Å². The molecule has 0 aliphatic rings. The van der Waals surface area contributed by atoms with E-state index in [9.17, 15) is 0 Å². The first-order valence-corrected chi connectivity index (χ1v) is 11.1. The van der Waals surface area contributed by atoms with Crippen LogP contribution in [0.5, 0.6) is 0 Å². The van der Waals surface area contributed by atoms with Gasteiger partial charge in [-0.2, -0.15) is 5.01 Å². The van der Waals surface area contributed by atoms with Crippen molar-refractivity contribution in [2.24, 2.45) is 0 Å². The highest BCUT2D eigenvalue weighted by Crippen LogP contribution is 2.09. The Morgan fingerprint density at radius 1 is 0.520 bits per heavy atom. The van der Waals surface area contributed by atoms with Gasteiger partial charge < -0.3 is 0 Å². The summed E-state index contributed by atoms with van der Waals surface area (Å²) >= 11 is 0. The average Bonchev–Trinajstić information content (AvgIpc) is 2.65. The molecule has 144 valence electrons. The number of nitrogens with zero attached hydrogens (tertiary/aromatic N) is 2. The Morgan fingerprint density at radius 2 is 0.920 bits per heavy atom. The van der Waals surface area contributed by atoms with Crippen LogP contribution >= 0.6 is 0 Å². The normalized spacial score (nSPS) is 11.0. The summed E-state index contributed by atoms with van der Waals surface area (Å²) < 4.78 is 2.30. The van der Waals surface area contributed by atoms with E-state index in [0.29, 0.717) is 0 Å². The van der Waals surface area contributed by atoms with E-state index < -0.39 is 0 Å². The van der Waals surface area contributed by atoms with Crippen LogP contribution in [0.4, 0.5) is 0 Å². The molecule has 0 amide bonds. The van der Waals surface area contributed by atoms with Crippen LogP contribution in [0.3, 0.4) is 0 Å². The molecule has 0 aliphatic heterocycles. The number of hydrogen-bond donors (Lipinski definition) is 0. The zero-order chi connectivity index (χ0) is 18.0. The molecule has 0 atom stereocenters. The monoisotopic (exact) mass is 347 g/mol. The Kier molecular flexibility index (Phi) is 14.4. The fourth-order valence-electron chi connectivity index (χ4n) is 3.42. The summed E-state index contributed by atoms with van der Waals surface area (Å²) in [5.74, 6) is 0. The van der Waals surface area contributed by atoms with E-state index in [-0.39, 0.29) is 0 Å². The Labute approximate surface area is 157 Å². The van der Waals surface area contributed by atoms with Crippen molar-refractivity contribution in [2.45, 2.75) is 104 Å². The van der Waals surface area contributed by atoms with Crippen molar-refractivity contribution < 1.29 is 4.68 Å². The third-order valence-electron chi connectivity index (χ3n) is 5.07. The summed E-state index contributed by atoms with van der Waals surface area (Å²) in [6, 6.07) is 6.39. The fourth-order valence-corrected chi connectivity index (χ4v) is 3.42. The molecule has 0 saturated heterocycles. The van der Waals surface area contributed by atoms with E-state index in [1.807, 2.05) is 0 Å². The van der Waals surface area contributed by atoms with E-state index >= 15 is 0 Å². The van der Waals surface area contributed by atoms with Gasteiger partial charge in [-0.05, 0) is 12.8 Å². The van der Waals surface area contributed by atoms with Gasteiger partial charge in [-0.1, -0.05) is 102 Å². The molecular weight excluding hydrogens is 304 g/mol. The lowest BCUT2D eigenvalue weighted by Crippen LogP contribution is -2.58. The number of rotatable bonds is 17. The van der Waals surface area contributed by atoms with Gasteiger partial charge in [0, 0.05) is 12.1 Å². The number of hydrogen-bond acceptors (Lipinski definition) is 1. The zero-order valence-corrected chi connectivity index (χ0v) is 17.1. The molecule has 0 fully saturated rings. The standard InChI is InChI=1S/C23H43N2/c1-3-5-7-9-11-12-14-17-21-24(25-22-18-15-19-23-25)20-16-13-10-8-6-4-2/h15,18-19,22-23H,3-14,16-17,20-21H2,1-2H3/q+1. The van der Waals surface area contributed by atoms with Crippen LogP contribution in [0.15, 0.2) is 30.6 Å². The molecule has 0 unspecified atom stereocenters. The van der Waals surface area contributed by atoms with Crippen LogP contribution < -0.4 is 9.69 Å². The first-order chi connectivity index (χ1) is 12.4. The molecule has 2 heteroatoms. The SMILES string of the molecule is CCCCCCCCCCN(CCCCCCCC)[n+]1ccccc1. The Balaban J connectivity index is 2.20. The van der Waals surface area contributed by atoms with E-state index in [1.165, 1.54) is 103 Å². The van der Waals surface area contributed by atoms with Crippen molar-refractivity contribution in [2.75, 3.05) is 18.1 Å². The van der Waals surface area contributed by atoms with Crippen molar-refractivity contribution in [3.05, 3.63) is 30.6 Å². The topological polar surface area (TPSA) is 7.12 Å². The Morgan fingerprint density at radius 3 is 1.36 bits per heavy atom. The van der Waals surface area contributed by atoms with Crippen molar-refractivity contribution in [3.63, 3.8) is 0 Å². The maximum absolute atomic E-state index is 2.54. The Hall–Kier alpha value is -1.05. The molecule has 0 aromatic carbocycles. The van der Waals surface area contributed by atoms with Gasteiger partial charge >= 0.3 is 0 Å². The van der Waals surface area contributed by atoms with Gasteiger partial charge in [-0.25, -0.2) is 0 Å². The number of unbranched alkanes of at least 4 members (excludes halogenated alkanes) is 12. The smallest absolute Gasteiger partial charge is 0.181 e. The Bertz CT molecular complexity index is 377. The second kappa shape index (κ2) is 16.4. The number of pyridine rings is 1. The predicted molar refractivity (Wildman–Crippen MR) is 111 cm³/mol. The molecule has 0 saturated carbocycles. The molecule has 25 heavy (non-hydrogen) atoms. The van der Waals surface area contributed by atoms with E-state index in [2.05, 4.69) is 54.1 Å². The molecular formula is C23H43N2+. The van der Waals surface area contributed by atoms with Gasteiger partial charge in [0.1, 0.15) is 0 Å². The quantitative estimate of drug-likeness (QED) is 0.233. The molecule has 0 bridgehead atoms. The molecule has 2 nitrogen and oxygen atoms in total. The van der Waals surface area contributed by atoms with Crippen molar-refractivity contribution in [3.8, 4) is 0 Å². The molecule has 0 N–H and O–H groups in total. The van der Waals surface area contributed by atoms with Crippen LogP contribution in [-0.4, -0.2) is 13.1 Å². The highest BCUT2D eigenvalue weighted by atomic mass is 15.5. The summed E-state index contributed by atoms with van der Waals surface area (Å²) in [7, 11) is 0. The zero-order valence-electron chi connectivity index (χ0n) is 17.1. The van der Waals surface area contributed by atoms with Crippen LogP contribution in [0.1, 0.15) is 104 Å². The minimum Gasteiger partial charge on any atom is -0.181 e. The summed E-state index contributed by atoms with van der Waals surface area (Å²) in [5.41, 5.74) is 0. The predicted octanol–water partition coefficient (Wildman–Crippen LogP) is 6.41. The molecule has 0 radical (unpaired) electrons. The molecule has 1 heterocycles. The van der Waals surface area contributed by atoms with Gasteiger partial charge in [-0.3, -0.25) is 0 Å². The highest BCUT2D eigenvalue weighted by Gasteiger charge is 2.11. The van der Waals surface area contributed by atoms with E-state index in [0.717, 1.165) is 0 Å². The van der Waals surface area contributed by atoms with Gasteiger partial charge in [0.25, 0.3) is 0 Å². The lowest BCUT2D eigenvalue weighted by molar-refractivity contribution is -0.693. The maximum atomic E-state index is 2.54. The summed E-state index contributed by atoms with van der Waals surface area (Å²) in [6.07, 6.45) is 23.8. The summed E-state index contributed by atoms with van der Waals surface area (Å²) in [5, 5.41) is 2.54. The maximum Gasteiger partial charge on any atom is 0.199 e. The van der Waals surface area contributed by atoms with E-state index in [4.69, 9.17) is 0 Å². The first-order valence-electron chi connectivity index (χ1n) is 11.1. The van der Waals surface area contributed by atoms with Gasteiger partial charge in [0.15, 0.2) is 12.4 Å².